The molecule has 9 nitrogen and oxygen atoms in total. The van der Waals surface area contributed by atoms with Gasteiger partial charge in [-0.05, 0) is 25.1 Å². The van der Waals surface area contributed by atoms with Gasteiger partial charge in [-0.15, -0.1) is 11.3 Å². The van der Waals surface area contributed by atoms with Crippen LogP contribution in [0.15, 0.2) is 18.2 Å². The van der Waals surface area contributed by atoms with Crippen molar-refractivity contribution in [3.05, 3.63) is 23.8 Å². The van der Waals surface area contributed by atoms with E-state index in [2.05, 4.69) is 20.3 Å². The normalized spacial score (nSPS) is 14.2. The zero-order valence-electron chi connectivity index (χ0n) is 21.2. The maximum Gasteiger partial charge on any atom is 0.417 e. The Morgan fingerprint density at radius 1 is 0.974 bits per heavy atom. The van der Waals surface area contributed by atoms with E-state index in [4.69, 9.17) is 18.9 Å². The van der Waals surface area contributed by atoms with Gasteiger partial charge in [-0.1, -0.05) is 0 Å². The van der Waals surface area contributed by atoms with E-state index in [0.29, 0.717) is 53.2 Å². The van der Waals surface area contributed by atoms with E-state index in [-0.39, 0.29) is 27.3 Å². The minimum Gasteiger partial charge on any atom is -0.493 e. The summed E-state index contributed by atoms with van der Waals surface area (Å²) in [5, 5.41) is 3.17. The number of ether oxygens (including phenoxy) is 4. The van der Waals surface area contributed by atoms with Crippen LogP contribution in [0, 0.1) is 0 Å². The number of fused-ring (bicyclic) bond motifs is 3. The zero-order chi connectivity index (χ0) is 27.0. The van der Waals surface area contributed by atoms with Crippen LogP contribution in [0.5, 0.6) is 23.1 Å². The largest absolute Gasteiger partial charge is 0.493 e. The molecule has 1 saturated heterocycles. The summed E-state index contributed by atoms with van der Waals surface area (Å²) in [6, 6.07) is 4.16. The van der Waals surface area contributed by atoms with E-state index in [1.807, 2.05) is 4.90 Å². The molecule has 0 radical (unpaired) electrons. The molecule has 4 heterocycles. The first-order valence-corrected chi connectivity index (χ1v) is 12.7. The Bertz CT molecular complexity index is 1460. The van der Waals surface area contributed by atoms with Gasteiger partial charge >= 0.3 is 6.18 Å². The molecule has 0 atom stereocenters. The number of thiophene rings is 1. The third-order valence-corrected chi connectivity index (χ3v) is 7.25. The zero-order valence-corrected chi connectivity index (χ0v) is 22.0. The van der Waals surface area contributed by atoms with Crippen LogP contribution in [-0.4, -0.2) is 69.1 Å². The van der Waals surface area contributed by atoms with Crippen molar-refractivity contribution < 1.29 is 32.1 Å². The van der Waals surface area contributed by atoms with Gasteiger partial charge in [-0.3, -0.25) is 0 Å². The Hall–Kier alpha value is -3.58. The topological polar surface area (TPSA) is 90.9 Å². The van der Waals surface area contributed by atoms with Crippen molar-refractivity contribution in [2.24, 2.45) is 0 Å². The number of methoxy groups -OCH3 is 3. The van der Waals surface area contributed by atoms with Crippen molar-refractivity contribution in [3.8, 4) is 34.4 Å². The average Bonchev–Trinajstić information content (AvgIpc) is 3.30. The number of hydrogen-bond donors (Lipinski definition) is 1. The molecule has 0 unspecified atom stereocenters. The molecule has 13 heteroatoms. The summed E-state index contributed by atoms with van der Waals surface area (Å²) in [5.41, 5.74) is -0.191. The van der Waals surface area contributed by atoms with Gasteiger partial charge in [0.25, 0.3) is 0 Å². The molecule has 0 aliphatic carbocycles. The lowest BCUT2D eigenvalue weighted by Gasteiger charge is -2.27. The fourth-order valence-electron chi connectivity index (χ4n) is 4.44. The monoisotopic (exact) mass is 549 g/mol. The third-order valence-electron chi connectivity index (χ3n) is 6.19. The fourth-order valence-corrected chi connectivity index (χ4v) is 5.52. The maximum atomic E-state index is 14.5. The molecule has 1 aliphatic heterocycles. The predicted octanol–water partition coefficient (Wildman–Crippen LogP) is 4.76. The molecule has 5 rings (SSSR count). The number of aromatic nitrogens is 3. The van der Waals surface area contributed by atoms with Gasteiger partial charge in [0.2, 0.25) is 17.6 Å². The third kappa shape index (κ3) is 4.60. The number of rotatable bonds is 7. The first-order chi connectivity index (χ1) is 18.3. The summed E-state index contributed by atoms with van der Waals surface area (Å²) in [6.45, 7) is 4.82. The lowest BCUT2D eigenvalue weighted by molar-refractivity contribution is -0.136. The van der Waals surface area contributed by atoms with Gasteiger partial charge in [0.15, 0.2) is 11.5 Å². The number of piperazine rings is 1. The lowest BCUT2D eigenvalue weighted by Crippen LogP contribution is -2.44. The quantitative estimate of drug-likeness (QED) is 0.350. The number of anilines is 1. The Morgan fingerprint density at radius 3 is 2.24 bits per heavy atom. The average molecular weight is 550 g/mol. The molecule has 1 N–H and O–H groups in total. The van der Waals surface area contributed by atoms with E-state index in [1.54, 1.807) is 19.1 Å². The Labute approximate surface area is 220 Å². The molecule has 3 aromatic heterocycles. The second-order valence-corrected chi connectivity index (χ2v) is 9.42. The van der Waals surface area contributed by atoms with Crippen LogP contribution >= 0.6 is 11.3 Å². The minimum absolute atomic E-state index is 0.0755. The van der Waals surface area contributed by atoms with Crippen LogP contribution in [-0.2, 0) is 6.18 Å². The van der Waals surface area contributed by atoms with Gasteiger partial charge in [-0.25, -0.2) is 9.97 Å². The molecular formula is C25H26F3N5O4S. The highest BCUT2D eigenvalue weighted by Crippen LogP contribution is 2.47. The van der Waals surface area contributed by atoms with Crippen LogP contribution in [0.25, 0.3) is 31.7 Å². The standard InChI is InChI=1S/C25H26F3N5O4S/c1-5-37-22-21-19(31-24(32-22)33-8-6-29-7-9-33)18-14(25(26,27)28)12-15(30-23(18)38-21)13-10-16(34-2)20(36-4)17(11-13)35-3/h10-12,29H,5-9H2,1-4H3. The number of nitrogens with one attached hydrogen (secondary N) is 1. The van der Waals surface area contributed by atoms with E-state index in [0.717, 1.165) is 30.5 Å². The summed E-state index contributed by atoms with van der Waals surface area (Å²) in [4.78, 5) is 15.9. The van der Waals surface area contributed by atoms with E-state index >= 15 is 0 Å². The number of benzene rings is 1. The van der Waals surface area contributed by atoms with Crippen molar-refractivity contribution in [2.45, 2.75) is 13.1 Å². The highest BCUT2D eigenvalue weighted by molar-refractivity contribution is 7.25. The van der Waals surface area contributed by atoms with Crippen molar-refractivity contribution in [1.29, 1.82) is 0 Å². The molecule has 0 spiro atoms. The molecule has 0 bridgehead atoms. The Balaban J connectivity index is 1.78. The van der Waals surface area contributed by atoms with Crippen molar-refractivity contribution in [2.75, 3.05) is 59.0 Å². The molecule has 0 saturated carbocycles. The number of hydrogen-bond acceptors (Lipinski definition) is 10. The van der Waals surface area contributed by atoms with Crippen LogP contribution in [0.3, 0.4) is 0 Å². The van der Waals surface area contributed by atoms with Crippen LogP contribution in [0.2, 0.25) is 0 Å². The number of pyridine rings is 1. The first kappa shape index (κ1) is 26.0. The molecule has 38 heavy (non-hydrogen) atoms. The lowest BCUT2D eigenvalue weighted by atomic mass is 10.0. The van der Waals surface area contributed by atoms with Gasteiger partial charge in [-0.2, -0.15) is 18.2 Å². The molecule has 4 aromatic rings. The molecule has 1 aliphatic rings. The van der Waals surface area contributed by atoms with Crippen molar-refractivity contribution >= 4 is 37.7 Å². The second kappa shape index (κ2) is 10.3. The molecule has 1 fully saturated rings. The summed E-state index contributed by atoms with van der Waals surface area (Å²) in [7, 11) is 4.33. The van der Waals surface area contributed by atoms with E-state index in [1.165, 1.54) is 21.3 Å². The SMILES string of the molecule is CCOc1nc(N2CCNCC2)nc2c1sc1nc(-c3cc(OC)c(OC)c(OC)c3)cc(C(F)(F)F)c12. The summed E-state index contributed by atoms with van der Waals surface area (Å²) < 4.78 is 66.0. The minimum atomic E-state index is -4.67. The second-order valence-electron chi connectivity index (χ2n) is 8.43. The van der Waals surface area contributed by atoms with Gasteiger partial charge in [0.1, 0.15) is 15.0 Å². The highest BCUT2D eigenvalue weighted by atomic mass is 32.1. The van der Waals surface area contributed by atoms with Crippen LogP contribution in [0.4, 0.5) is 19.1 Å². The number of alkyl halides is 3. The Kier molecular flexibility index (Phi) is 7.05. The van der Waals surface area contributed by atoms with Crippen LogP contribution < -0.4 is 29.2 Å². The van der Waals surface area contributed by atoms with Gasteiger partial charge in [0.05, 0.1) is 44.6 Å². The summed E-state index contributed by atoms with van der Waals surface area (Å²) >= 11 is 1.07. The van der Waals surface area contributed by atoms with Crippen molar-refractivity contribution in [1.82, 2.24) is 20.3 Å². The van der Waals surface area contributed by atoms with Crippen molar-refractivity contribution in [3.63, 3.8) is 0 Å². The Morgan fingerprint density at radius 2 is 1.66 bits per heavy atom. The number of nitrogens with zero attached hydrogens (tertiary/aromatic N) is 4. The molecule has 1 aromatic carbocycles. The van der Waals surface area contributed by atoms with Gasteiger partial charge in [0, 0.05) is 31.7 Å². The van der Waals surface area contributed by atoms with E-state index < -0.39 is 11.7 Å². The highest BCUT2D eigenvalue weighted by Gasteiger charge is 2.36. The molecular weight excluding hydrogens is 523 g/mol. The predicted molar refractivity (Wildman–Crippen MR) is 139 cm³/mol. The maximum absolute atomic E-state index is 14.5. The summed E-state index contributed by atoms with van der Waals surface area (Å²) in [6.07, 6.45) is -4.67. The fraction of sp³-hybridized carbons (Fsp3) is 0.400. The van der Waals surface area contributed by atoms with Crippen LogP contribution in [0.1, 0.15) is 12.5 Å². The smallest absolute Gasteiger partial charge is 0.417 e. The molecule has 202 valence electrons. The summed E-state index contributed by atoms with van der Waals surface area (Å²) in [5.74, 6) is 1.52. The van der Waals surface area contributed by atoms with E-state index in [9.17, 15) is 13.2 Å². The number of halogens is 3. The molecule has 0 amide bonds. The van der Waals surface area contributed by atoms with Gasteiger partial charge < -0.3 is 29.2 Å². The first-order valence-electron chi connectivity index (χ1n) is 11.9.